The lowest BCUT2D eigenvalue weighted by Crippen LogP contribution is -2.35. The molecule has 25 heavy (non-hydrogen) atoms. The SMILES string of the molecule is O=C(CC1(Sc2ccc(Oc3ccccc3)cc2)CCCCC1)NO. The van der Waals surface area contributed by atoms with Gasteiger partial charge in [-0.15, -0.1) is 11.8 Å². The van der Waals surface area contributed by atoms with E-state index >= 15 is 0 Å². The molecule has 2 N–H and O–H groups in total. The second-order valence-corrected chi connectivity index (χ2v) is 7.99. The van der Waals surface area contributed by atoms with Gasteiger partial charge in [0.2, 0.25) is 5.91 Å². The van der Waals surface area contributed by atoms with E-state index in [1.165, 1.54) is 6.42 Å². The number of rotatable bonds is 6. The van der Waals surface area contributed by atoms with E-state index in [2.05, 4.69) is 0 Å². The van der Waals surface area contributed by atoms with Crippen molar-refractivity contribution in [2.24, 2.45) is 0 Å². The van der Waals surface area contributed by atoms with Gasteiger partial charge in [-0.2, -0.15) is 0 Å². The number of nitrogens with one attached hydrogen (secondary N) is 1. The summed E-state index contributed by atoms with van der Waals surface area (Å²) < 4.78 is 5.69. The van der Waals surface area contributed by atoms with Gasteiger partial charge in [-0.1, -0.05) is 37.5 Å². The molecule has 5 heteroatoms. The molecule has 0 unspecified atom stereocenters. The second-order valence-electron chi connectivity index (χ2n) is 6.44. The highest BCUT2D eigenvalue weighted by Gasteiger charge is 2.35. The Hall–Kier alpha value is -1.98. The Morgan fingerprint density at radius 3 is 2.28 bits per heavy atom. The van der Waals surface area contributed by atoms with Crippen LogP contribution in [0.25, 0.3) is 0 Å². The molecule has 1 aliphatic rings. The second kappa shape index (κ2) is 8.41. The monoisotopic (exact) mass is 357 g/mol. The van der Waals surface area contributed by atoms with Gasteiger partial charge in [0, 0.05) is 16.1 Å². The molecule has 2 aromatic rings. The molecule has 1 saturated carbocycles. The van der Waals surface area contributed by atoms with Crippen LogP contribution in [-0.2, 0) is 4.79 Å². The first-order valence-electron chi connectivity index (χ1n) is 8.64. The van der Waals surface area contributed by atoms with E-state index in [-0.39, 0.29) is 10.7 Å². The van der Waals surface area contributed by atoms with Crippen molar-refractivity contribution < 1.29 is 14.7 Å². The number of carbonyl (C=O) groups excluding carboxylic acids is 1. The smallest absolute Gasteiger partial charge is 0.244 e. The molecule has 0 bridgehead atoms. The molecule has 0 aromatic heterocycles. The molecular weight excluding hydrogens is 334 g/mol. The predicted molar refractivity (Wildman–Crippen MR) is 99.2 cm³/mol. The zero-order chi connectivity index (χ0) is 17.5. The number of hydrogen-bond acceptors (Lipinski definition) is 4. The van der Waals surface area contributed by atoms with Gasteiger partial charge >= 0.3 is 0 Å². The highest BCUT2D eigenvalue weighted by atomic mass is 32.2. The van der Waals surface area contributed by atoms with E-state index in [0.29, 0.717) is 6.42 Å². The number of ether oxygens (including phenoxy) is 1. The van der Waals surface area contributed by atoms with E-state index < -0.39 is 0 Å². The summed E-state index contributed by atoms with van der Waals surface area (Å²) in [7, 11) is 0. The molecule has 1 aliphatic carbocycles. The molecule has 3 rings (SSSR count). The van der Waals surface area contributed by atoms with Crippen molar-refractivity contribution in [1.82, 2.24) is 5.48 Å². The van der Waals surface area contributed by atoms with Crippen molar-refractivity contribution in [3.8, 4) is 11.5 Å². The summed E-state index contributed by atoms with van der Waals surface area (Å²) in [6.07, 6.45) is 5.80. The number of hydrogen-bond donors (Lipinski definition) is 2. The average Bonchev–Trinajstić information content (AvgIpc) is 2.65. The van der Waals surface area contributed by atoms with Gasteiger partial charge in [0.05, 0.1) is 0 Å². The minimum atomic E-state index is -0.307. The molecule has 0 spiro atoms. The number of carbonyl (C=O) groups is 1. The fraction of sp³-hybridized carbons (Fsp3) is 0.350. The van der Waals surface area contributed by atoms with Gasteiger partial charge in [-0.3, -0.25) is 10.0 Å². The number of thioether (sulfide) groups is 1. The van der Waals surface area contributed by atoms with Gasteiger partial charge in [0.1, 0.15) is 11.5 Å². The minimum absolute atomic E-state index is 0.132. The summed E-state index contributed by atoms with van der Waals surface area (Å²) in [6.45, 7) is 0. The van der Waals surface area contributed by atoms with Crippen molar-refractivity contribution in [2.75, 3.05) is 0 Å². The zero-order valence-corrected chi connectivity index (χ0v) is 14.9. The summed E-state index contributed by atoms with van der Waals surface area (Å²) in [5, 5.41) is 8.90. The summed E-state index contributed by atoms with van der Waals surface area (Å²) in [6, 6.07) is 17.7. The third-order valence-corrected chi connectivity index (χ3v) is 6.00. The van der Waals surface area contributed by atoms with Crippen molar-refractivity contribution in [1.29, 1.82) is 0 Å². The standard InChI is InChI=1S/C20H23NO3S/c22-19(21-23)15-20(13-5-2-6-14-20)25-18-11-9-17(10-12-18)24-16-7-3-1-4-8-16/h1,3-4,7-12,23H,2,5-6,13-15H2,(H,21,22). The van der Waals surface area contributed by atoms with Crippen molar-refractivity contribution >= 4 is 17.7 Å². The van der Waals surface area contributed by atoms with Crippen molar-refractivity contribution in [3.63, 3.8) is 0 Å². The zero-order valence-electron chi connectivity index (χ0n) is 14.1. The molecule has 0 heterocycles. The number of para-hydroxylation sites is 1. The maximum absolute atomic E-state index is 11.7. The first-order chi connectivity index (χ1) is 12.2. The van der Waals surface area contributed by atoms with Crippen LogP contribution in [0.15, 0.2) is 59.5 Å². The van der Waals surface area contributed by atoms with Gasteiger partial charge in [-0.25, -0.2) is 5.48 Å². The first kappa shape index (κ1) is 17.8. The highest BCUT2D eigenvalue weighted by molar-refractivity contribution is 8.00. The maximum atomic E-state index is 11.7. The summed E-state index contributed by atoms with van der Waals surface area (Å²) in [4.78, 5) is 12.9. The summed E-state index contributed by atoms with van der Waals surface area (Å²) in [5.41, 5.74) is 1.79. The van der Waals surface area contributed by atoms with E-state index in [1.807, 2.05) is 54.6 Å². The topological polar surface area (TPSA) is 58.6 Å². The third kappa shape index (κ3) is 5.00. The van der Waals surface area contributed by atoms with Crippen LogP contribution < -0.4 is 10.2 Å². The quantitative estimate of drug-likeness (QED) is 0.553. The molecule has 4 nitrogen and oxygen atoms in total. The molecule has 132 valence electrons. The molecule has 2 aromatic carbocycles. The molecule has 1 fully saturated rings. The number of benzene rings is 2. The van der Waals surface area contributed by atoms with Crippen LogP contribution in [-0.4, -0.2) is 15.9 Å². The van der Waals surface area contributed by atoms with Gasteiger partial charge in [0.25, 0.3) is 0 Å². The fourth-order valence-corrected chi connectivity index (χ4v) is 4.76. The average molecular weight is 357 g/mol. The van der Waals surface area contributed by atoms with Crippen LogP contribution in [0.2, 0.25) is 0 Å². The van der Waals surface area contributed by atoms with E-state index in [9.17, 15) is 4.79 Å². The summed E-state index contributed by atoms with van der Waals surface area (Å²) in [5.74, 6) is 1.30. The minimum Gasteiger partial charge on any atom is -0.457 e. The molecule has 0 radical (unpaired) electrons. The lowest BCUT2D eigenvalue weighted by Gasteiger charge is -2.36. The van der Waals surface area contributed by atoms with Crippen LogP contribution in [0.5, 0.6) is 11.5 Å². The maximum Gasteiger partial charge on any atom is 0.244 e. The lowest BCUT2D eigenvalue weighted by atomic mass is 9.86. The Morgan fingerprint density at radius 1 is 1.00 bits per heavy atom. The fourth-order valence-electron chi connectivity index (χ4n) is 3.29. The van der Waals surface area contributed by atoms with E-state index in [0.717, 1.165) is 42.1 Å². The Balaban J connectivity index is 1.68. The number of hydroxylamine groups is 1. The van der Waals surface area contributed by atoms with E-state index in [4.69, 9.17) is 9.94 Å². The number of amides is 1. The Morgan fingerprint density at radius 2 is 1.64 bits per heavy atom. The van der Waals surface area contributed by atoms with Crippen LogP contribution in [0.3, 0.4) is 0 Å². The Bertz CT molecular complexity index is 682. The van der Waals surface area contributed by atoms with Crippen molar-refractivity contribution in [3.05, 3.63) is 54.6 Å². The predicted octanol–water partition coefficient (Wildman–Crippen LogP) is 5.17. The van der Waals surface area contributed by atoms with Crippen LogP contribution in [0.4, 0.5) is 0 Å². The van der Waals surface area contributed by atoms with Gasteiger partial charge < -0.3 is 4.74 Å². The third-order valence-electron chi connectivity index (χ3n) is 4.51. The van der Waals surface area contributed by atoms with Crippen LogP contribution >= 0.6 is 11.8 Å². The molecule has 0 aliphatic heterocycles. The van der Waals surface area contributed by atoms with Crippen molar-refractivity contribution in [2.45, 2.75) is 48.2 Å². The highest BCUT2D eigenvalue weighted by Crippen LogP contribution is 2.46. The lowest BCUT2D eigenvalue weighted by molar-refractivity contribution is -0.129. The van der Waals surface area contributed by atoms with E-state index in [1.54, 1.807) is 17.2 Å². The van der Waals surface area contributed by atoms with Gasteiger partial charge in [-0.05, 0) is 49.2 Å². The largest absolute Gasteiger partial charge is 0.457 e. The normalized spacial score (nSPS) is 16.2. The van der Waals surface area contributed by atoms with Crippen LogP contribution in [0.1, 0.15) is 38.5 Å². The molecular formula is C20H23NO3S. The molecule has 0 saturated heterocycles. The Kier molecular flexibility index (Phi) is 6.00. The van der Waals surface area contributed by atoms with Gasteiger partial charge in [0.15, 0.2) is 0 Å². The first-order valence-corrected chi connectivity index (χ1v) is 9.46. The summed E-state index contributed by atoms with van der Waals surface area (Å²) >= 11 is 1.74. The molecule has 0 atom stereocenters. The van der Waals surface area contributed by atoms with Crippen LogP contribution in [0, 0.1) is 0 Å². The Labute approximate surface area is 152 Å². The molecule has 1 amide bonds.